The molecule has 1 N–H and O–H groups in total. The third-order valence-corrected chi connectivity index (χ3v) is 2.23. The predicted octanol–water partition coefficient (Wildman–Crippen LogP) is 2.98. The molecule has 0 radical (unpaired) electrons. The molecule has 4 heteroatoms. The van der Waals surface area contributed by atoms with Crippen molar-refractivity contribution in [1.82, 2.24) is 9.97 Å². The molecular weight excluding hydrogens is 227 g/mol. The van der Waals surface area contributed by atoms with Crippen LogP contribution < -0.4 is 0 Å². The first-order valence-corrected chi connectivity index (χ1v) is 4.22. The molecule has 0 aliphatic carbocycles. The maximum atomic E-state index is 5.84. The second-order valence-corrected chi connectivity index (χ2v) is 3.41. The van der Waals surface area contributed by atoms with Gasteiger partial charge in [0.2, 0.25) is 0 Å². The maximum absolute atomic E-state index is 5.84. The summed E-state index contributed by atoms with van der Waals surface area (Å²) in [6, 6.07) is 1.89. The zero-order valence-electron chi connectivity index (χ0n) is 5.44. The van der Waals surface area contributed by atoms with E-state index < -0.39 is 0 Å². The van der Waals surface area contributed by atoms with Gasteiger partial charge in [-0.25, -0.2) is 4.98 Å². The second-order valence-electron chi connectivity index (χ2n) is 2.19. The van der Waals surface area contributed by atoms with Crippen molar-refractivity contribution >= 4 is 38.4 Å². The number of H-pyrrole nitrogens is 1. The first-order valence-electron chi connectivity index (χ1n) is 3.05. The highest BCUT2D eigenvalue weighted by atomic mass is 79.9. The molecule has 0 atom stereocenters. The number of aromatic nitrogens is 2. The van der Waals surface area contributed by atoms with Crippen molar-refractivity contribution in [1.29, 1.82) is 0 Å². The van der Waals surface area contributed by atoms with Crippen LogP contribution in [0.2, 0.25) is 5.02 Å². The zero-order valence-corrected chi connectivity index (χ0v) is 7.78. The third kappa shape index (κ3) is 1.14. The number of hydrogen-bond acceptors (Lipinski definition) is 1. The Morgan fingerprint density at radius 1 is 1.55 bits per heavy atom. The predicted molar refractivity (Wildman–Crippen MR) is 48.8 cm³/mol. The Labute approximate surface area is 76.7 Å². The fraction of sp³-hybridized carbons (Fsp3) is 0. The van der Waals surface area contributed by atoms with Gasteiger partial charge in [-0.3, -0.25) is 0 Å². The number of pyridine rings is 1. The Morgan fingerprint density at radius 3 is 3.18 bits per heavy atom. The molecule has 2 aromatic rings. The van der Waals surface area contributed by atoms with Gasteiger partial charge in [0.15, 0.2) is 0 Å². The molecule has 2 rings (SSSR count). The fourth-order valence-electron chi connectivity index (χ4n) is 0.958. The largest absolute Gasteiger partial charge is 0.360 e. The van der Waals surface area contributed by atoms with Crippen LogP contribution >= 0.6 is 27.5 Å². The quantitative estimate of drug-likeness (QED) is 0.694. The summed E-state index contributed by atoms with van der Waals surface area (Å²) in [6.45, 7) is 0. The van der Waals surface area contributed by atoms with E-state index in [-0.39, 0.29) is 0 Å². The Bertz CT molecular complexity index is 396. The van der Waals surface area contributed by atoms with Gasteiger partial charge in [0.25, 0.3) is 0 Å². The topological polar surface area (TPSA) is 28.7 Å². The van der Waals surface area contributed by atoms with Crippen LogP contribution in [0.15, 0.2) is 23.1 Å². The van der Waals surface area contributed by atoms with Crippen LogP contribution in [-0.4, -0.2) is 9.97 Å². The van der Waals surface area contributed by atoms with Crippen molar-refractivity contribution in [3.05, 3.63) is 28.1 Å². The summed E-state index contributed by atoms with van der Waals surface area (Å²) in [4.78, 5) is 7.08. The van der Waals surface area contributed by atoms with Crippen LogP contribution in [0.1, 0.15) is 0 Å². The average molecular weight is 231 g/mol. The molecule has 0 saturated carbocycles. The first-order chi connectivity index (χ1) is 5.27. The average Bonchev–Trinajstić information content (AvgIpc) is 2.32. The molecule has 0 unspecified atom stereocenters. The Balaban J connectivity index is 2.86. The maximum Gasteiger partial charge on any atom is 0.108 e. The molecular formula is C7H4BrClN2. The smallest absolute Gasteiger partial charge is 0.108 e. The van der Waals surface area contributed by atoms with Crippen molar-refractivity contribution in [3.8, 4) is 0 Å². The summed E-state index contributed by atoms with van der Waals surface area (Å²) < 4.78 is 0.809. The molecule has 0 aromatic carbocycles. The molecule has 2 nitrogen and oxygen atoms in total. The van der Waals surface area contributed by atoms with Crippen molar-refractivity contribution in [2.75, 3.05) is 0 Å². The van der Waals surface area contributed by atoms with Crippen LogP contribution in [0.4, 0.5) is 0 Å². The van der Waals surface area contributed by atoms with Crippen molar-refractivity contribution < 1.29 is 0 Å². The Hall–Kier alpha value is -0.540. The highest BCUT2D eigenvalue weighted by Gasteiger charge is 2.00. The highest BCUT2D eigenvalue weighted by molar-refractivity contribution is 9.10. The number of fused-ring (bicyclic) bond motifs is 1. The molecule has 0 bridgehead atoms. The highest BCUT2D eigenvalue weighted by Crippen LogP contribution is 2.23. The summed E-state index contributed by atoms with van der Waals surface area (Å²) in [6.07, 6.45) is 3.48. The number of nitrogens with one attached hydrogen (secondary N) is 1. The summed E-state index contributed by atoms with van der Waals surface area (Å²) in [7, 11) is 0. The summed E-state index contributed by atoms with van der Waals surface area (Å²) >= 11 is 9.11. The van der Waals surface area contributed by atoms with E-state index in [4.69, 9.17) is 11.6 Å². The first kappa shape index (κ1) is 7.13. The lowest BCUT2D eigenvalue weighted by atomic mass is 10.3. The Kier molecular flexibility index (Phi) is 1.62. The monoisotopic (exact) mass is 230 g/mol. The minimum atomic E-state index is 0.708. The molecule has 0 amide bonds. The number of aromatic amines is 1. The zero-order chi connectivity index (χ0) is 7.84. The van der Waals surface area contributed by atoms with Crippen molar-refractivity contribution in [3.63, 3.8) is 0 Å². The van der Waals surface area contributed by atoms with E-state index in [9.17, 15) is 0 Å². The van der Waals surface area contributed by atoms with Gasteiger partial charge in [-0.1, -0.05) is 11.6 Å². The molecule has 0 aliphatic heterocycles. The van der Waals surface area contributed by atoms with E-state index in [0.29, 0.717) is 5.02 Å². The van der Waals surface area contributed by atoms with E-state index in [0.717, 1.165) is 15.5 Å². The van der Waals surface area contributed by atoms with Gasteiger partial charge in [-0.15, -0.1) is 0 Å². The molecule has 2 aromatic heterocycles. The van der Waals surface area contributed by atoms with Gasteiger partial charge in [-0.05, 0) is 22.0 Å². The third-order valence-electron chi connectivity index (χ3n) is 1.48. The lowest BCUT2D eigenvalue weighted by Crippen LogP contribution is -1.73. The molecule has 0 fully saturated rings. The van der Waals surface area contributed by atoms with Crippen LogP contribution in [0.3, 0.4) is 0 Å². The van der Waals surface area contributed by atoms with Crippen molar-refractivity contribution in [2.24, 2.45) is 0 Å². The summed E-state index contributed by atoms with van der Waals surface area (Å²) in [5.74, 6) is 0. The van der Waals surface area contributed by atoms with Gasteiger partial charge in [0.05, 0.1) is 10.5 Å². The van der Waals surface area contributed by atoms with Crippen LogP contribution in [0, 0.1) is 0 Å². The van der Waals surface area contributed by atoms with E-state index in [1.807, 2.05) is 6.07 Å². The van der Waals surface area contributed by atoms with E-state index in [2.05, 4.69) is 25.9 Å². The van der Waals surface area contributed by atoms with Crippen molar-refractivity contribution in [2.45, 2.75) is 0 Å². The van der Waals surface area contributed by atoms with Crippen LogP contribution in [0.5, 0.6) is 0 Å². The van der Waals surface area contributed by atoms with Gasteiger partial charge in [0, 0.05) is 17.8 Å². The van der Waals surface area contributed by atoms with Gasteiger partial charge in [-0.2, -0.15) is 0 Å². The molecule has 2 heterocycles. The molecule has 56 valence electrons. The lowest BCUT2D eigenvalue weighted by molar-refractivity contribution is 1.30. The number of rotatable bonds is 0. The fourth-order valence-corrected chi connectivity index (χ4v) is 1.49. The Morgan fingerprint density at radius 2 is 2.36 bits per heavy atom. The molecule has 0 saturated heterocycles. The number of nitrogens with zero attached hydrogens (tertiary/aromatic N) is 1. The van der Waals surface area contributed by atoms with E-state index in [1.165, 1.54) is 0 Å². The second kappa shape index (κ2) is 2.50. The van der Waals surface area contributed by atoms with Gasteiger partial charge in [0.1, 0.15) is 4.60 Å². The SMILES string of the molecule is Clc1c[nH]c2cc(Br)ncc12. The molecule has 0 aliphatic rings. The van der Waals surface area contributed by atoms with E-state index in [1.54, 1.807) is 12.4 Å². The van der Waals surface area contributed by atoms with Crippen LogP contribution in [-0.2, 0) is 0 Å². The molecule has 0 spiro atoms. The number of hydrogen-bond donors (Lipinski definition) is 1. The van der Waals surface area contributed by atoms with Crippen LogP contribution in [0.25, 0.3) is 10.9 Å². The standard InChI is InChI=1S/C7H4BrClN2/c8-7-1-6-4(2-11-7)5(9)3-10-6/h1-3,10H. The van der Waals surface area contributed by atoms with Gasteiger partial charge < -0.3 is 4.98 Å². The summed E-state index contributed by atoms with van der Waals surface area (Å²) in [5, 5.41) is 1.66. The minimum Gasteiger partial charge on any atom is -0.360 e. The minimum absolute atomic E-state index is 0.708. The lowest BCUT2D eigenvalue weighted by Gasteiger charge is -1.89. The van der Waals surface area contributed by atoms with E-state index >= 15 is 0 Å². The number of halogens is 2. The normalized spacial score (nSPS) is 10.7. The van der Waals surface area contributed by atoms with Gasteiger partial charge >= 0.3 is 0 Å². The summed E-state index contributed by atoms with van der Waals surface area (Å²) in [5.41, 5.74) is 0.997. The molecule has 11 heavy (non-hydrogen) atoms.